The third-order valence-corrected chi connectivity index (χ3v) is 3.27. The molecule has 20 heavy (non-hydrogen) atoms. The molecule has 0 atom stereocenters. The van der Waals surface area contributed by atoms with Gasteiger partial charge in [0.25, 0.3) is 5.91 Å². The van der Waals surface area contributed by atoms with Crippen LogP contribution in [0.1, 0.15) is 28.8 Å². The van der Waals surface area contributed by atoms with Gasteiger partial charge >= 0.3 is 5.97 Å². The molecular weight excluding hydrogens is 258 g/mol. The number of hydrogen-bond acceptors (Lipinski definition) is 3. The Balaban J connectivity index is 2.12. The van der Waals surface area contributed by atoms with E-state index in [-0.39, 0.29) is 12.5 Å². The Morgan fingerprint density at radius 2 is 2.15 bits per heavy atom. The van der Waals surface area contributed by atoms with Gasteiger partial charge in [-0.3, -0.25) is 9.59 Å². The van der Waals surface area contributed by atoms with Crippen LogP contribution in [0.25, 0.3) is 0 Å². The molecule has 108 valence electrons. The Morgan fingerprint density at radius 1 is 1.40 bits per heavy atom. The van der Waals surface area contributed by atoms with Crippen LogP contribution in [0.4, 0.5) is 0 Å². The summed E-state index contributed by atoms with van der Waals surface area (Å²) in [6, 6.07) is 7.14. The Labute approximate surface area is 118 Å². The van der Waals surface area contributed by atoms with Gasteiger partial charge < -0.3 is 14.7 Å². The molecule has 1 aromatic carbocycles. The number of carboxylic acid groups (broad SMARTS) is 1. The minimum absolute atomic E-state index is 0.225. The van der Waals surface area contributed by atoms with Crippen molar-refractivity contribution in [2.75, 3.05) is 20.2 Å². The standard InChI is InChI=1S/C15H19NO4/c1-20-10-12-3-2-4-13(7-12)15(19)16(9-14(17)18)8-11-5-6-11/h2-4,7,11H,5-6,8-10H2,1H3,(H,17,18). The average Bonchev–Trinajstić information content (AvgIpc) is 3.21. The number of carbonyl (C=O) groups excluding carboxylic acids is 1. The number of carbonyl (C=O) groups is 2. The highest BCUT2D eigenvalue weighted by molar-refractivity contribution is 5.96. The number of carboxylic acids is 1. The van der Waals surface area contributed by atoms with Crippen molar-refractivity contribution in [1.82, 2.24) is 4.90 Å². The summed E-state index contributed by atoms with van der Waals surface area (Å²) in [6.45, 7) is 0.714. The molecule has 0 radical (unpaired) electrons. The number of methoxy groups -OCH3 is 1. The Hall–Kier alpha value is -1.88. The second kappa shape index (κ2) is 6.52. The zero-order valence-corrected chi connectivity index (χ0v) is 11.5. The molecule has 1 aliphatic rings. The lowest BCUT2D eigenvalue weighted by atomic mass is 10.1. The van der Waals surface area contributed by atoms with Crippen LogP contribution >= 0.6 is 0 Å². The summed E-state index contributed by atoms with van der Waals surface area (Å²) < 4.78 is 5.04. The van der Waals surface area contributed by atoms with Crippen molar-refractivity contribution in [2.24, 2.45) is 5.92 Å². The van der Waals surface area contributed by atoms with E-state index in [1.54, 1.807) is 25.3 Å². The van der Waals surface area contributed by atoms with Gasteiger partial charge in [-0.1, -0.05) is 12.1 Å². The van der Waals surface area contributed by atoms with Crippen LogP contribution < -0.4 is 0 Å². The van der Waals surface area contributed by atoms with Crippen LogP contribution in [0, 0.1) is 5.92 Å². The number of benzene rings is 1. The lowest BCUT2D eigenvalue weighted by Gasteiger charge is -2.20. The number of ether oxygens (including phenoxy) is 1. The average molecular weight is 277 g/mol. The van der Waals surface area contributed by atoms with Crippen LogP contribution in [-0.4, -0.2) is 42.1 Å². The van der Waals surface area contributed by atoms with E-state index >= 15 is 0 Å². The van der Waals surface area contributed by atoms with Crippen LogP contribution in [0.5, 0.6) is 0 Å². The molecular formula is C15H19NO4. The maximum absolute atomic E-state index is 12.4. The fourth-order valence-electron chi connectivity index (χ4n) is 2.14. The van der Waals surface area contributed by atoms with E-state index in [0.717, 1.165) is 18.4 Å². The fraction of sp³-hybridized carbons (Fsp3) is 0.467. The predicted octanol–water partition coefficient (Wildman–Crippen LogP) is 1.77. The maximum Gasteiger partial charge on any atom is 0.323 e. The summed E-state index contributed by atoms with van der Waals surface area (Å²) in [5.74, 6) is -0.746. The van der Waals surface area contributed by atoms with E-state index < -0.39 is 5.97 Å². The lowest BCUT2D eigenvalue weighted by Crippen LogP contribution is -2.37. The summed E-state index contributed by atoms with van der Waals surface area (Å²) in [5.41, 5.74) is 1.42. The van der Waals surface area contributed by atoms with Crippen molar-refractivity contribution in [2.45, 2.75) is 19.4 Å². The van der Waals surface area contributed by atoms with E-state index in [1.807, 2.05) is 6.07 Å². The molecule has 0 spiro atoms. The molecule has 5 nitrogen and oxygen atoms in total. The third-order valence-electron chi connectivity index (χ3n) is 3.27. The van der Waals surface area contributed by atoms with Gasteiger partial charge in [-0.2, -0.15) is 0 Å². The highest BCUT2D eigenvalue weighted by Gasteiger charge is 2.28. The summed E-state index contributed by atoms with van der Waals surface area (Å²) >= 11 is 0. The normalized spacial score (nSPS) is 14.1. The summed E-state index contributed by atoms with van der Waals surface area (Å²) in [7, 11) is 1.60. The number of rotatable bonds is 7. The summed E-state index contributed by atoms with van der Waals surface area (Å²) in [4.78, 5) is 24.7. The molecule has 2 rings (SSSR count). The van der Waals surface area contributed by atoms with Crippen LogP contribution in [0.15, 0.2) is 24.3 Å². The van der Waals surface area contributed by atoms with Crippen molar-refractivity contribution in [3.05, 3.63) is 35.4 Å². The first-order valence-corrected chi connectivity index (χ1v) is 6.69. The van der Waals surface area contributed by atoms with Crippen molar-refractivity contribution < 1.29 is 19.4 Å². The van der Waals surface area contributed by atoms with Gasteiger partial charge in [-0.15, -0.1) is 0 Å². The second-order valence-corrected chi connectivity index (χ2v) is 5.16. The molecule has 1 aliphatic carbocycles. The molecule has 0 heterocycles. The van der Waals surface area contributed by atoms with Crippen molar-refractivity contribution in [3.8, 4) is 0 Å². The van der Waals surface area contributed by atoms with Gasteiger partial charge in [0.2, 0.25) is 0 Å². The van der Waals surface area contributed by atoms with E-state index in [0.29, 0.717) is 24.6 Å². The largest absolute Gasteiger partial charge is 0.480 e. The highest BCUT2D eigenvalue weighted by atomic mass is 16.5. The van der Waals surface area contributed by atoms with Crippen molar-refractivity contribution in [1.29, 1.82) is 0 Å². The third kappa shape index (κ3) is 4.06. The molecule has 0 saturated heterocycles. The van der Waals surface area contributed by atoms with E-state index in [4.69, 9.17) is 9.84 Å². The molecule has 0 aromatic heterocycles. The second-order valence-electron chi connectivity index (χ2n) is 5.16. The van der Waals surface area contributed by atoms with Crippen LogP contribution in [0.3, 0.4) is 0 Å². The molecule has 0 unspecified atom stereocenters. The minimum Gasteiger partial charge on any atom is -0.480 e. The predicted molar refractivity (Wildman–Crippen MR) is 73.4 cm³/mol. The first-order chi connectivity index (χ1) is 9.60. The molecule has 1 saturated carbocycles. The maximum atomic E-state index is 12.4. The van der Waals surface area contributed by atoms with Crippen LogP contribution in [-0.2, 0) is 16.1 Å². The van der Waals surface area contributed by atoms with Crippen molar-refractivity contribution in [3.63, 3.8) is 0 Å². The molecule has 1 N–H and O–H groups in total. The number of aliphatic carboxylic acids is 1. The zero-order valence-electron chi connectivity index (χ0n) is 11.5. The molecule has 1 fully saturated rings. The minimum atomic E-state index is -0.980. The number of hydrogen-bond donors (Lipinski definition) is 1. The highest BCUT2D eigenvalue weighted by Crippen LogP contribution is 2.30. The van der Waals surface area contributed by atoms with Gasteiger partial charge in [0.1, 0.15) is 6.54 Å². The van der Waals surface area contributed by atoms with E-state index in [9.17, 15) is 9.59 Å². The SMILES string of the molecule is COCc1cccc(C(=O)N(CC(=O)O)CC2CC2)c1. The molecule has 5 heteroatoms. The summed E-state index contributed by atoms with van der Waals surface area (Å²) in [6.07, 6.45) is 2.15. The summed E-state index contributed by atoms with van der Waals surface area (Å²) in [5, 5.41) is 8.94. The van der Waals surface area contributed by atoms with Crippen LogP contribution in [0.2, 0.25) is 0 Å². The number of nitrogens with zero attached hydrogens (tertiary/aromatic N) is 1. The Kier molecular flexibility index (Phi) is 4.74. The molecule has 0 aliphatic heterocycles. The first kappa shape index (κ1) is 14.5. The molecule has 0 bridgehead atoms. The first-order valence-electron chi connectivity index (χ1n) is 6.69. The van der Waals surface area contributed by atoms with Gasteiger partial charge in [-0.25, -0.2) is 0 Å². The topological polar surface area (TPSA) is 66.8 Å². The zero-order chi connectivity index (χ0) is 14.5. The lowest BCUT2D eigenvalue weighted by molar-refractivity contribution is -0.137. The Bertz CT molecular complexity index is 496. The smallest absolute Gasteiger partial charge is 0.323 e. The van der Waals surface area contributed by atoms with E-state index in [1.165, 1.54) is 4.90 Å². The van der Waals surface area contributed by atoms with E-state index in [2.05, 4.69) is 0 Å². The quantitative estimate of drug-likeness (QED) is 0.825. The van der Waals surface area contributed by atoms with Gasteiger partial charge in [-0.05, 0) is 36.5 Å². The van der Waals surface area contributed by atoms with Crippen molar-refractivity contribution >= 4 is 11.9 Å². The Morgan fingerprint density at radius 3 is 2.75 bits per heavy atom. The molecule has 1 amide bonds. The number of amides is 1. The fourth-order valence-corrected chi connectivity index (χ4v) is 2.14. The van der Waals surface area contributed by atoms with Gasteiger partial charge in [0.15, 0.2) is 0 Å². The van der Waals surface area contributed by atoms with Gasteiger partial charge in [0.05, 0.1) is 6.61 Å². The molecule has 1 aromatic rings. The monoisotopic (exact) mass is 277 g/mol. The van der Waals surface area contributed by atoms with Gasteiger partial charge in [0, 0.05) is 19.2 Å².